The van der Waals surface area contributed by atoms with Gasteiger partial charge in [-0.1, -0.05) is 6.08 Å². The fourth-order valence-electron chi connectivity index (χ4n) is 1.35. The van der Waals surface area contributed by atoms with E-state index in [1.165, 1.54) is 0 Å². The van der Waals surface area contributed by atoms with Gasteiger partial charge in [-0.3, -0.25) is 4.48 Å². The van der Waals surface area contributed by atoms with Crippen LogP contribution in [0.1, 0.15) is 0 Å². The van der Waals surface area contributed by atoms with E-state index in [4.69, 9.17) is 4.74 Å². The first-order valence-electron chi connectivity index (χ1n) is 5.08. The second-order valence-corrected chi connectivity index (χ2v) is 4.09. The molecule has 15 heavy (non-hydrogen) atoms. The lowest BCUT2D eigenvalue weighted by Gasteiger charge is -2.35. The topological polar surface area (TPSA) is 33.6 Å². The molecule has 0 amide bonds. The highest BCUT2D eigenvalue weighted by Gasteiger charge is 2.25. The van der Waals surface area contributed by atoms with Crippen LogP contribution in [-0.2, 0) is 4.74 Å². The van der Waals surface area contributed by atoms with Gasteiger partial charge >= 0.3 is 0 Å². The van der Waals surface area contributed by atoms with Crippen LogP contribution < -0.4 is 5.32 Å². The number of quaternary nitrogens is 1. The van der Waals surface area contributed by atoms with E-state index in [-0.39, 0.29) is 6.29 Å². The van der Waals surface area contributed by atoms with Crippen molar-refractivity contribution in [1.29, 1.82) is 0 Å². The summed E-state index contributed by atoms with van der Waals surface area (Å²) in [5.41, 5.74) is 0. The van der Waals surface area contributed by atoms with E-state index in [1.807, 2.05) is 24.6 Å². The predicted octanol–water partition coefficient (Wildman–Crippen LogP) is 0.737. The number of aliphatic imine (C=N–C) groups is 1. The van der Waals surface area contributed by atoms with Crippen LogP contribution in [0.2, 0.25) is 0 Å². The second-order valence-electron chi connectivity index (χ2n) is 4.09. The van der Waals surface area contributed by atoms with Gasteiger partial charge in [-0.15, -0.1) is 0 Å². The number of methoxy groups -OCH3 is 1. The van der Waals surface area contributed by atoms with Gasteiger partial charge in [-0.05, 0) is 12.2 Å². The predicted molar refractivity (Wildman–Crippen MR) is 62.5 cm³/mol. The first-order valence-corrected chi connectivity index (χ1v) is 5.08. The Morgan fingerprint density at radius 2 is 2.27 bits per heavy atom. The summed E-state index contributed by atoms with van der Waals surface area (Å²) in [5.74, 6) is 0. The number of hydrogen-bond donors (Lipinski definition) is 1. The van der Waals surface area contributed by atoms with Gasteiger partial charge in [0, 0.05) is 19.5 Å². The Balaban J connectivity index is 2.43. The minimum atomic E-state index is 0.0993. The van der Waals surface area contributed by atoms with Gasteiger partial charge in [0.1, 0.15) is 6.54 Å². The van der Waals surface area contributed by atoms with Crippen molar-refractivity contribution in [3.8, 4) is 0 Å². The lowest BCUT2D eigenvalue weighted by atomic mass is 10.4. The summed E-state index contributed by atoms with van der Waals surface area (Å²) in [6.07, 6.45) is 9.91. The molecule has 84 valence electrons. The average molecular weight is 210 g/mol. The quantitative estimate of drug-likeness (QED) is 0.536. The number of ether oxygens (including phenoxy) is 1. The van der Waals surface area contributed by atoms with E-state index in [1.54, 1.807) is 7.11 Å². The molecule has 0 saturated heterocycles. The molecule has 0 aliphatic carbocycles. The largest absolute Gasteiger partial charge is 0.381 e. The molecule has 1 aliphatic rings. The number of rotatable bonds is 5. The number of nitrogens with zero attached hydrogens (tertiary/aromatic N) is 2. The molecule has 1 atom stereocenters. The highest BCUT2D eigenvalue weighted by atomic mass is 16.5. The molecule has 1 heterocycles. The molecule has 1 aliphatic heterocycles. The molecule has 0 spiro atoms. The van der Waals surface area contributed by atoms with E-state index in [0.717, 1.165) is 11.0 Å². The van der Waals surface area contributed by atoms with Crippen molar-refractivity contribution in [1.82, 2.24) is 5.32 Å². The van der Waals surface area contributed by atoms with Crippen LogP contribution in [0.3, 0.4) is 0 Å². The van der Waals surface area contributed by atoms with Gasteiger partial charge in [-0.25, -0.2) is 4.99 Å². The maximum atomic E-state index is 4.95. The minimum Gasteiger partial charge on any atom is -0.381 e. The van der Waals surface area contributed by atoms with Crippen LogP contribution >= 0.6 is 0 Å². The number of nitrogens with one attached hydrogen (secondary N) is 1. The normalized spacial score (nSPS) is 20.9. The van der Waals surface area contributed by atoms with Crippen LogP contribution in [0, 0.1) is 0 Å². The molecule has 0 aromatic heterocycles. The summed E-state index contributed by atoms with van der Waals surface area (Å²) >= 11 is 0. The summed E-state index contributed by atoms with van der Waals surface area (Å²) in [6.45, 7) is 1.59. The molecule has 0 bridgehead atoms. The van der Waals surface area contributed by atoms with Gasteiger partial charge < -0.3 is 10.1 Å². The molecular formula is C11H20N3O+. The highest BCUT2D eigenvalue weighted by Crippen LogP contribution is 2.07. The first kappa shape index (κ1) is 11.9. The van der Waals surface area contributed by atoms with Gasteiger partial charge in [0.25, 0.3) is 6.29 Å². The fraction of sp³-hybridized carbons (Fsp3) is 0.545. The average Bonchev–Trinajstić information content (AvgIpc) is 2.26. The zero-order valence-electron chi connectivity index (χ0n) is 9.68. The van der Waals surface area contributed by atoms with E-state index in [2.05, 4.69) is 30.5 Å². The maximum Gasteiger partial charge on any atom is 0.260 e. The molecular weight excluding hydrogens is 190 g/mol. The van der Waals surface area contributed by atoms with Crippen LogP contribution in [0.25, 0.3) is 0 Å². The summed E-state index contributed by atoms with van der Waals surface area (Å²) in [7, 11) is 5.98. The zero-order valence-corrected chi connectivity index (χ0v) is 9.68. The van der Waals surface area contributed by atoms with E-state index < -0.39 is 0 Å². The van der Waals surface area contributed by atoms with Crippen LogP contribution in [0.15, 0.2) is 29.4 Å². The third-order valence-corrected chi connectivity index (χ3v) is 2.32. The Hall–Kier alpha value is -1.13. The van der Waals surface area contributed by atoms with Crippen LogP contribution in [0.5, 0.6) is 0 Å². The fourth-order valence-corrected chi connectivity index (χ4v) is 1.35. The monoisotopic (exact) mass is 210 g/mol. The molecule has 0 aromatic carbocycles. The van der Waals surface area contributed by atoms with Crippen molar-refractivity contribution in [3.63, 3.8) is 0 Å². The van der Waals surface area contributed by atoms with Crippen LogP contribution in [-0.4, -0.2) is 51.3 Å². The third-order valence-electron chi connectivity index (χ3n) is 2.32. The number of allylic oxidation sites excluding steroid dienone is 1. The second kappa shape index (κ2) is 5.68. The molecule has 0 fully saturated rings. The molecule has 0 saturated carbocycles. The lowest BCUT2D eigenvalue weighted by Crippen LogP contribution is -2.54. The standard InChI is InChI=1S/C11H20N3O/c1-14(2,9-4-5-10-15-3)11-12-7-6-8-13-11/h4-8,11-12H,9-10H2,1-3H3/q+1/b5-4+. The van der Waals surface area contributed by atoms with Crippen molar-refractivity contribution >= 4 is 6.21 Å². The van der Waals surface area contributed by atoms with Crippen molar-refractivity contribution in [3.05, 3.63) is 24.4 Å². The van der Waals surface area contributed by atoms with Crippen molar-refractivity contribution in [2.75, 3.05) is 34.4 Å². The Morgan fingerprint density at radius 1 is 1.47 bits per heavy atom. The maximum absolute atomic E-state index is 4.95. The van der Waals surface area contributed by atoms with E-state index in [0.29, 0.717) is 6.61 Å². The summed E-state index contributed by atoms with van der Waals surface area (Å²) in [6, 6.07) is 0. The Morgan fingerprint density at radius 3 is 2.87 bits per heavy atom. The minimum absolute atomic E-state index is 0.0993. The van der Waals surface area contributed by atoms with Gasteiger partial charge in [-0.2, -0.15) is 0 Å². The SMILES string of the molecule is COC/C=C/C[N+](C)(C)C1N=CC=CN1. The summed E-state index contributed by atoms with van der Waals surface area (Å²) in [5, 5.41) is 3.23. The molecule has 1 unspecified atom stereocenters. The van der Waals surface area contributed by atoms with Crippen molar-refractivity contribution < 1.29 is 9.22 Å². The molecule has 4 heteroatoms. The molecule has 0 radical (unpaired) electrons. The van der Waals surface area contributed by atoms with Gasteiger partial charge in [0.2, 0.25) is 0 Å². The Bertz CT molecular complexity index is 269. The summed E-state index contributed by atoms with van der Waals surface area (Å²) in [4.78, 5) is 4.38. The smallest absolute Gasteiger partial charge is 0.260 e. The van der Waals surface area contributed by atoms with Crippen molar-refractivity contribution in [2.45, 2.75) is 6.29 Å². The van der Waals surface area contributed by atoms with E-state index in [9.17, 15) is 0 Å². The number of hydrogen-bond acceptors (Lipinski definition) is 3. The lowest BCUT2D eigenvalue weighted by molar-refractivity contribution is -0.911. The van der Waals surface area contributed by atoms with Gasteiger partial charge in [0.15, 0.2) is 0 Å². The number of likely N-dealkylation sites (N-methyl/N-ethyl adjacent to an activating group) is 1. The van der Waals surface area contributed by atoms with Gasteiger partial charge in [0.05, 0.1) is 20.7 Å². The molecule has 1 N–H and O–H groups in total. The van der Waals surface area contributed by atoms with E-state index >= 15 is 0 Å². The summed E-state index contributed by atoms with van der Waals surface area (Å²) < 4.78 is 5.73. The molecule has 1 rings (SSSR count). The first-order chi connectivity index (χ1) is 7.17. The van der Waals surface area contributed by atoms with Crippen LogP contribution in [0.4, 0.5) is 0 Å². The third kappa shape index (κ3) is 3.85. The Labute approximate surface area is 91.5 Å². The Kier molecular flexibility index (Phi) is 4.52. The zero-order chi connectivity index (χ0) is 11.1. The molecule has 0 aromatic rings. The highest BCUT2D eigenvalue weighted by molar-refractivity contribution is 5.71. The van der Waals surface area contributed by atoms with Crippen molar-refractivity contribution in [2.24, 2.45) is 4.99 Å². The molecule has 4 nitrogen and oxygen atoms in total.